The third-order valence-corrected chi connectivity index (χ3v) is 6.35. The molecule has 0 radical (unpaired) electrons. The Morgan fingerprint density at radius 1 is 1.08 bits per heavy atom. The second-order valence-corrected chi connectivity index (χ2v) is 9.79. The number of benzene rings is 1. The van der Waals surface area contributed by atoms with Crippen LogP contribution >= 0.6 is 0 Å². The van der Waals surface area contributed by atoms with Gasteiger partial charge in [-0.05, 0) is 82.6 Å². The van der Waals surface area contributed by atoms with Crippen molar-refractivity contribution in [2.45, 2.75) is 120 Å². The van der Waals surface area contributed by atoms with Crippen LogP contribution in [0, 0.1) is 11.3 Å². The molecular weight excluding hydrogens is 474 g/mol. The second kappa shape index (κ2) is 20.8. The lowest BCUT2D eigenvalue weighted by Crippen LogP contribution is -2.09. The highest BCUT2D eigenvalue weighted by molar-refractivity contribution is 5.61. The monoisotopic (exact) mass is 529 g/mol. The normalized spacial score (nSPS) is 11.2. The minimum Gasteiger partial charge on any atom is -0.334 e. The number of hydrogen-bond donors (Lipinski definition) is 0. The van der Waals surface area contributed by atoms with Crippen molar-refractivity contribution in [1.29, 1.82) is 5.26 Å². The first kappa shape index (κ1) is 35.9. The zero-order valence-electron chi connectivity index (χ0n) is 26.5. The molecule has 0 aliphatic rings. The van der Waals surface area contributed by atoms with E-state index >= 15 is 0 Å². The minimum absolute atomic E-state index is 0.417. The van der Waals surface area contributed by atoms with E-state index in [1.54, 1.807) is 0 Å². The molecule has 1 aromatic heterocycles. The number of nitrogens with zero attached hydrogens (tertiary/aromatic N) is 3. The second-order valence-electron chi connectivity index (χ2n) is 9.79. The predicted molar refractivity (Wildman–Crippen MR) is 173 cm³/mol. The van der Waals surface area contributed by atoms with Crippen LogP contribution in [0.1, 0.15) is 125 Å². The Morgan fingerprint density at radius 2 is 1.77 bits per heavy atom. The molecule has 0 aliphatic heterocycles. The van der Waals surface area contributed by atoms with Gasteiger partial charge in [0.15, 0.2) is 0 Å². The highest BCUT2D eigenvalue weighted by Gasteiger charge is 2.20. The molecule has 3 nitrogen and oxygen atoms in total. The van der Waals surface area contributed by atoms with Crippen molar-refractivity contribution in [3.8, 4) is 17.3 Å². The molecule has 0 bridgehead atoms. The van der Waals surface area contributed by atoms with Crippen molar-refractivity contribution < 1.29 is 0 Å². The van der Waals surface area contributed by atoms with Crippen LogP contribution in [0.5, 0.6) is 0 Å². The fraction of sp³-hybridized carbons (Fsp3) is 0.500. The first-order valence-electron chi connectivity index (χ1n) is 15.0. The average molecular weight is 530 g/mol. The summed E-state index contributed by atoms with van der Waals surface area (Å²) in [4.78, 5) is 5.13. The van der Waals surface area contributed by atoms with Gasteiger partial charge in [0.25, 0.3) is 0 Å². The van der Waals surface area contributed by atoms with Crippen LogP contribution in [0.25, 0.3) is 11.3 Å². The maximum absolute atomic E-state index is 9.32. The fourth-order valence-electron chi connectivity index (χ4n) is 4.74. The molecule has 39 heavy (non-hydrogen) atoms. The lowest BCUT2D eigenvalue weighted by molar-refractivity contribution is 0.490. The summed E-state index contributed by atoms with van der Waals surface area (Å²) in [5.74, 6) is 1.60. The topological polar surface area (TPSA) is 41.6 Å². The molecule has 0 saturated carbocycles. The van der Waals surface area contributed by atoms with Crippen LogP contribution in [-0.2, 0) is 6.54 Å². The van der Waals surface area contributed by atoms with Gasteiger partial charge in [-0.3, -0.25) is 0 Å². The van der Waals surface area contributed by atoms with Crippen molar-refractivity contribution >= 4 is 0 Å². The Balaban J connectivity index is 0.00000344. The van der Waals surface area contributed by atoms with E-state index in [1.807, 2.05) is 58.0 Å². The largest absolute Gasteiger partial charge is 0.334 e. The number of allylic oxidation sites excluding steroid dienone is 6. The Bertz CT molecular complexity index is 1100. The number of rotatable bonds is 14. The van der Waals surface area contributed by atoms with Crippen LogP contribution in [0.3, 0.4) is 0 Å². The van der Waals surface area contributed by atoms with Crippen molar-refractivity contribution in [1.82, 2.24) is 9.55 Å². The predicted octanol–water partition coefficient (Wildman–Crippen LogP) is 11.4. The molecule has 0 N–H and O–H groups in total. The SMILES string of the molecule is C=C/C=C(/CCCC(CCC)c1nc(-c2cccc(C#N)c2)cn1CCC)C(CC(=C)C)=C(C)C.CC.CC. The molecule has 214 valence electrons. The van der Waals surface area contributed by atoms with Crippen molar-refractivity contribution in [3.63, 3.8) is 0 Å². The van der Waals surface area contributed by atoms with Crippen molar-refractivity contribution in [3.05, 3.63) is 89.5 Å². The molecule has 2 rings (SSSR count). The van der Waals surface area contributed by atoms with Gasteiger partial charge in [0.1, 0.15) is 5.82 Å². The number of aromatic nitrogens is 2. The van der Waals surface area contributed by atoms with Gasteiger partial charge >= 0.3 is 0 Å². The summed E-state index contributed by atoms with van der Waals surface area (Å²) in [7, 11) is 0. The third-order valence-electron chi connectivity index (χ3n) is 6.35. The zero-order valence-corrected chi connectivity index (χ0v) is 26.5. The summed E-state index contributed by atoms with van der Waals surface area (Å²) in [6, 6.07) is 10.0. The molecule has 0 aliphatic carbocycles. The van der Waals surface area contributed by atoms with E-state index in [0.717, 1.165) is 62.7 Å². The molecular formula is C36H55N3. The first-order valence-corrected chi connectivity index (χ1v) is 15.0. The Morgan fingerprint density at radius 3 is 2.31 bits per heavy atom. The Labute approximate surface area is 241 Å². The summed E-state index contributed by atoms with van der Waals surface area (Å²) in [5, 5.41) is 9.32. The Kier molecular flexibility index (Phi) is 19.1. The molecule has 0 amide bonds. The smallest absolute Gasteiger partial charge is 0.112 e. The molecule has 1 aromatic carbocycles. The molecule has 1 heterocycles. The third kappa shape index (κ3) is 12.1. The van der Waals surface area contributed by atoms with Crippen LogP contribution < -0.4 is 0 Å². The quantitative estimate of drug-likeness (QED) is 0.180. The van der Waals surface area contributed by atoms with Gasteiger partial charge in [0, 0.05) is 24.2 Å². The minimum atomic E-state index is 0.417. The average Bonchev–Trinajstić information content (AvgIpc) is 3.37. The molecule has 2 aromatic rings. The number of aryl methyl sites for hydroxylation is 1. The van der Waals surface area contributed by atoms with E-state index in [9.17, 15) is 5.26 Å². The van der Waals surface area contributed by atoms with Gasteiger partial charge in [-0.1, -0.05) is 96.6 Å². The summed E-state index contributed by atoms with van der Waals surface area (Å²) in [6.07, 6.45) is 13.8. The fourth-order valence-corrected chi connectivity index (χ4v) is 4.74. The van der Waals surface area contributed by atoms with Crippen LogP contribution in [0.15, 0.2) is 78.1 Å². The maximum atomic E-state index is 9.32. The number of hydrogen-bond acceptors (Lipinski definition) is 2. The zero-order chi connectivity index (χ0) is 29.8. The van der Waals surface area contributed by atoms with E-state index < -0.39 is 0 Å². The van der Waals surface area contributed by atoms with E-state index in [-0.39, 0.29) is 0 Å². The number of imidazole rings is 1. The van der Waals surface area contributed by atoms with E-state index in [1.165, 1.54) is 28.1 Å². The van der Waals surface area contributed by atoms with E-state index in [0.29, 0.717) is 11.5 Å². The molecule has 1 atom stereocenters. The molecule has 0 fully saturated rings. The summed E-state index contributed by atoms with van der Waals surface area (Å²) < 4.78 is 2.35. The lowest BCUT2D eigenvalue weighted by Gasteiger charge is -2.19. The lowest BCUT2D eigenvalue weighted by atomic mass is 9.89. The molecule has 1 unspecified atom stereocenters. The Hall–Kier alpha value is -3.12. The first-order chi connectivity index (χ1) is 18.8. The van der Waals surface area contributed by atoms with Gasteiger partial charge in [-0.2, -0.15) is 5.26 Å². The van der Waals surface area contributed by atoms with E-state index in [2.05, 4.69) is 70.7 Å². The van der Waals surface area contributed by atoms with Gasteiger partial charge < -0.3 is 4.57 Å². The molecule has 0 spiro atoms. The van der Waals surface area contributed by atoms with Gasteiger partial charge in [-0.25, -0.2) is 4.98 Å². The van der Waals surface area contributed by atoms with Gasteiger partial charge in [0.05, 0.1) is 17.3 Å². The summed E-state index contributed by atoms with van der Waals surface area (Å²) in [6.45, 7) is 28.0. The van der Waals surface area contributed by atoms with Crippen LogP contribution in [0.4, 0.5) is 0 Å². The molecule has 3 heteroatoms. The highest BCUT2D eigenvalue weighted by atomic mass is 15.1. The highest BCUT2D eigenvalue weighted by Crippen LogP contribution is 2.32. The standard InChI is InChI=1S/C32H43N3.2C2H6/c1-8-13-27(30(25(6)7)20-24(4)5)16-12-17-28(14-9-2)32-34-31(23-35(32)19-10-3)29-18-11-15-26(21-29)22-33;2*1-2/h8,11,13,15,18,21,23,28H,1,4,9-10,12,14,16-17,19-20H2,2-3,5-7H3;2*1-2H3/b27-13-;;. The van der Waals surface area contributed by atoms with E-state index in [4.69, 9.17) is 4.98 Å². The molecule has 0 saturated heterocycles. The summed E-state index contributed by atoms with van der Waals surface area (Å²) in [5.41, 5.74) is 7.97. The summed E-state index contributed by atoms with van der Waals surface area (Å²) >= 11 is 0. The van der Waals surface area contributed by atoms with Gasteiger partial charge in [-0.15, -0.1) is 0 Å². The maximum Gasteiger partial charge on any atom is 0.112 e. The van der Waals surface area contributed by atoms with Crippen LogP contribution in [0.2, 0.25) is 0 Å². The van der Waals surface area contributed by atoms with Crippen LogP contribution in [-0.4, -0.2) is 9.55 Å². The number of nitriles is 1. The van der Waals surface area contributed by atoms with Gasteiger partial charge in [0.2, 0.25) is 0 Å². The van der Waals surface area contributed by atoms with Crippen molar-refractivity contribution in [2.75, 3.05) is 0 Å². The van der Waals surface area contributed by atoms with Crippen molar-refractivity contribution in [2.24, 2.45) is 0 Å².